The number of ether oxygens (including phenoxy) is 1. The Balaban J connectivity index is 0.00000288. The highest BCUT2D eigenvalue weighted by Crippen LogP contribution is 2.26. The highest BCUT2D eigenvalue weighted by molar-refractivity contribution is 14.0. The first-order chi connectivity index (χ1) is 11.0. The molecule has 7 heteroatoms. The molecule has 0 spiro atoms. The molecule has 4 N–H and O–H groups in total. The number of carbonyl (C=O) groups is 1. The number of aliphatic imine (C=N–C) groups is 1. The highest BCUT2D eigenvalue weighted by Gasteiger charge is 2.14. The number of halogens is 1. The minimum absolute atomic E-state index is 0. The quantitative estimate of drug-likeness (QED) is 0.260. The predicted molar refractivity (Wildman–Crippen MR) is 108 cm³/mol. The molecule has 24 heavy (non-hydrogen) atoms. The fourth-order valence-corrected chi connectivity index (χ4v) is 2.30. The van der Waals surface area contributed by atoms with Crippen LogP contribution in [0.15, 0.2) is 23.2 Å². The standard InChI is InChI=1S/C17H26N4O2.HI/c1-12(2)7-8-19-17(18)20-9-10-23-14-4-5-15-13(11-14)3-6-16(22)21-15;/h4-5,11-12H,3,6-10H2,1-2H3,(H,21,22)(H3,18,19,20);1H. The first-order valence-corrected chi connectivity index (χ1v) is 8.14. The zero-order chi connectivity index (χ0) is 16.7. The van der Waals surface area contributed by atoms with E-state index in [0.29, 0.717) is 31.4 Å². The van der Waals surface area contributed by atoms with E-state index < -0.39 is 0 Å². The third kappa shape index (κ3) is 6.94. The summed E-state index contributed by atoms with van der Waals surface area (Å²) in [5.74, 6) is 1.96. The maximum atomic E-state index is 11.3. The van der Waals surface area contributed by atoms with Crippen molar-refractivity contribution >= 4 is 41.5 Å². The molecule has 2 rings (SSSR count). The molecule has 134 valence electrons. The monoisotopic (exact) mass is 446 g/mol. The van der Waals surface area contributed by atoms with Gasteiger partial charge < -0.3 is 21.1 Å². The van der Waals surface area contributed by atoms with E-state index in [-0.39, 0.29) is 29.9 Å². The van der Waals surface area contributed by atoms with E-state index in [1.54, 1.807) is 0 Å². The number of aryl methyl sites for hydroxylation is 1. The van der Waals surface area contributed by atoms with Crippen molar-refractivity contribution in [2.24, 2.45) is 16.6 Å². The summed E-state index contributed by atoms with van der Waals surface area (Å²) in [7, 11) is 0. The van der Waals surface area contributed by atoms with Gasteiger partial charge in [-0.15, -0.1) is 24.0 Å². The summed E-state index contributed by atoms with van der Waals surface area (Å²) in [4.78, 5) is 15.6. The van der Waals surface area contributed by atoms with Crippen LogP contribution in [0.2, 0.25) is 0 Å². The number of nitrogens with one attached hydrogen (secondary N) is 2. The Morgan fingerprint density at radius 3 is 2.96 bits per heavy atom. The summed E-state index contributed by atoms with van der Waals surface area (Å²) >= 11 is 0. The number of nitrogens with zero attached hydrogens (tertiary/aromatic N) is 1. The molecule has 0 aromatic heterocycles. The van der Waals surface area contributed by atoms with Crippen molar-refractivity contribution in [3.8, 4) is 5.75 Å². The Morgan fingerprint density at radius 2 is 2.21 bits per heavy atom. The predicted octanol–water partition coefficient (Wildman–Crippen LogP) is 2.52. The van der Waals surface area contributed by atoms with Gasteiger partial charge in [0.15, 0.2) is 5.96 Å². The molecule has 0 aliphatic carbocycles. The normalized spacial score (nSPS) is 13.8. The third-order valence-corrected chi connectivity index (χ3v) is 3.64. The van der Waals surface area contributed by atoms with E-state index in [2.05, 4.69) is 29.5 Å². The van der Waals surface area contributed by atoms with Gasteiger partial charge in [-0.2, -0.15) is 0 Å². The molecular weight excluding hydrogens is 419 g/mol. The second-order valence-corrected chi connectivity index (χ2v) is 6.09. The fraction of sp³-hybridized carbons (Fsp3) is 0.529. The summed E-state index contributed by atoms with van der Waals surface area (Å²) < 4.78 is 5.71. The van der Waals surface area contributed by atoms with Crippen molar-refractivity contribution in [2.45, 2.75) is 33.1 Å². The number of rotatable bonds is 7. The van der Waals surface area contributed by atoms with Crippen LogP contribution in [0.1, 0.15) is 32.3 Å². The minimum Gasteiger partial charge on any atom is -0.492 e. The van der Waals surface area contributed by atoms with Gasteiger partial charge in [-0.05, 0) is 42.5 Å². The summed E-state index contributed by atoms with van der Waals surface area (Å²) in [5, 5.41) is 5.90. The molecule has 0 bridgehead atoms. The minimum atomic E-state index is 0. The van der Waals surface area contributed by atoms with Gasteiger partial charge in [0, 0.05) is 18.7 Å². The molecule has 1 aliphatic rings. The number of fused-ring (bicyclic) bond motifs is 1. The number of nitrogens with two attached hydrogens (primary N) is 1. The molecule has 1 aromatic carbocycles. The molecule has 1 heterocycles. The molecule has 1 amide bonds. The van der Waals surface area contributed by atoms with E-state index in [1.807, 2.05) is 18.2 Å². The molecule has 0 unspecified atom stereocenters. The van der Waals surface area contributed by atoms with Crippen molar-refractivity contribution < 1.29 is 9.53 Å². The van der Waals surface area contributed by atoms with Gasteiger partial charge in [-0.25, -0.2) is 0 Å². The van der Waals surface area contributed by atoms with Crippen LogP contribution in [-0.4, -0.2) is 31.6 Å². The molecule has 0 atom stereocenters. The Kier molecular flexibility index (Phi) is 8.88. The lowest BCUT2D eigenvalue weighted by Gasteiger charge is -2.17. The van der Waals surface area contributed by atoms with Crippen LogP contribution in [0.4, 0.5) is 5.69 Å². The topological polar surface area (TPSA) is 88.7 Å². The van der Waals surface area contributed by atoms with Crippen LogP contribution in [0.3, 0.4) is 0 Å². The second-order valence-electron chi connectivity index (χ2n) is 6.09. The number of hydrogen-bond acceptors (Lipinski definition) is 3. The number of carbonyl (C=O) groups excluding carboxylic acids is 1. The van der Waals surface area contributed by atoms with E-state index in [9.17, 15) is 4.79 Å². The van der Waals surface area contributed by atoms with Gasteiger partial charge in [0.2, 0.25) is 5.91 Å². The van der Waals surface area contributed by atoms with E-state index in [4.69, 9.17) is 10.5 Å². The van der Waals surface area contributed by atoms with Gasteiger partial charge in [0.25, 0.3) is 0 Å². The Labute approximate surface area is 160 Å². The summed E-state index contributed by atoms with van der Waals surface area (Å²) in [6, 6.07) is 5.73. The Hall–Kier alpha value is -1.51. The van der Waals surface area contributed by atoms with Crippen LogP contribution in [-0.2, 0) is 11.2 Å². The molecule has 1 aromatic rings. The van der Waals surface area contributed by atoms with E-state index in [0.717, 1.165) is 36.4 Å². The van der Waals surface area contributed by atoms with Gasteiger partial charge in [0.1, 0.15) is 12.4 Å². The van der Waals surface area contributed by atoms with E-state index in [1.165, 1.54) is 0 Å². The number of benzene rings is 1. The first kappa shape index (κ1) is 20.5. The first-order valence-electron chi connectivity index (χ1n) is 8.14. The molecule has 0 saturated heterocycles. The zero-order valence-electron chi connectivity index (χ0n) is 14.3. The summed E-state index contributed by atoms with van der Waals surface area (Å²) in [5.41, 5.74) is 7.78. The molecular formula is C17H27IN4O2. The van der Waals surface area contributed by atoms with Crippen LogP contribution in [0, 0.1) is 5.92 Å². The smallest absolute Gasteiger partial charge is 0.224 e. The van der Waals surface area contributed by atoms with Crippen LogP contribution >= 0.6 is 24.0 Å². The zero-order valence-corrected chi connectivity index (χ0v) is 16.6. The molecule has 1 aliphatic heterocycles. The molecule has 0 saturated carbocycles. The van der Waals surface area contributed by atoms with Gasteiger partial charge in [0.05, 0.1) is 6.54 Å². The van der Waals surface area contributed by atoms with Crippen LogP contribution in [0.25, 0.3) is 0 Å². The van der Waals surface area contributed by atoms with Crippen molar-refractivity contribution in [2.75, 3.05) is 25.0 Å². The lowest BCUT2D eigenvalue weighted by molar-refractivity contribution is -0.116. The van der Waals surface area contributed by atoms with Gasteiger partial charge in [-0.3, -0.25) is 9.79 Å². The number of amides is 1. The second kappa shape index (κ2) is 10.4. The maximum absolute atomic E-state index is 11.3. The number of guanidine groups is 1. The Morgan fingerprint density at radius 1 is 1.42 bits per heavy atom. The number of hydrogen-bond donors (Lipinski definition) is 3. The van der Waals surface area contributed by atoms with Crippen molar-refractivity contribution in [1.29, 1.82) is 0 Å². The molecule has 0 radical (unpaired) electrons. The van der Waals surface area contributed by atoms with Gasteiger partial charge in [-0.1, -0.05) is 13.8 Å². The van der Waals surface area contributed by atoms with E-state index >= 15 is 0 Å². The largest absolute Gasteiger partial charge is 0.492 e. The Bertz CT molecular complexity index is 576. The van der Waals surface area contributed by atoms with Crippen LogP contribution in [0.5, 0.6) is 5.75 Å². The van der Waals surface area contributed by atoms with Crippen molar-refractivity contribution in [3.05, 3.63) is 23.8 Å². The number of anilines is 1. The summed E-state index contributed by atoms with van der Waals surface area (Å²) in [6.07, 6.45) is 2.32. The van der Waals surface area contributed by atoms with Crippen molar-refractivity contribution in [3.63, 3.8) is 0 Å². The van der Waals surface area contributed by atoms with Gasteiger partial charge >= 0.3 is 0 Å². The summed E-state index contributed by atoms with van der Waals surface area (Å²) in [6.45, 7) is 6.18. The fourth-order valence-electron chi connectivity index (χ4n) is 2.30. The molecule has 6 nitrogen and oxygen atoms in total. The molecule has 0 fully saturated rings. The average molecular weight is 446 g/mol. The average Bonchev–Trinajstić information content (AvgIpc) is 2.51. The maximum Gasteiger partial charge on any atom is 0.224 e. The lowest BCUT2D eigenvalue weighted by atomic mass is 10.0. The highest BCUT2D eigenvalue weighted by atomic mass is 127. The SMILES string of the molecule is CC(C)CCN=C(N)NCCOc1ccc2c(c1)CCC(=O)N2.I. The third-order valence-electron chi connectivity index (χ3n) is 3.64. The van der Waals surface area contributed by atoms with Crippen LogP contribution < -0.4 is 21.1 Å². The van der Waals surface area contributed by atoms with Crippen molar-refractivity contribution in [1.82, 2.24) is 5.32 Å². The lowest BCUT2D eigenvalue weighted by Crippen LogP contribution is -2.34.